The third-order valence-electron chi connectivity index (χ3n) is 3.25. The first-order chi connectivity index (χ1) is 9.94. The summed E-state index contributed by atoms with van der Waals surface area (Å²) in [6, 6.07) is 5.82. The molecule has 0 saturated heterocycles. The molecule has 6 heteroatoms. The predicted octanol–water partition coefficient (Wildman–Crippen LogP) is 0.726. The van der Waals surface area contributed by atoms with Crippen molar-refractivity contribution in [2.24, 2.45) is 0 Å². The van der Waals surface area contributed by atoms with Crippen molar-refractivity contribution in [3.8, 4) is 0 Å². The maximum absolute atomic E-state index is 11.9. The van der Waals surface area contributed by atoms with Crippen LogP contribution in [0, 0.1) is 6.92 Å². The number of amides is 2. The number of anilines is 2. The van der Waals surface area contributed by atoms with Crippen molar-refractivity contribution >= 4 is 23.2 Å². The molecule has 6 nitrogen and oxygen atoms in total. The first-order valence-corrected chi connectivity index (χ1v) is 7.08. The van der Waals surface area contributed by atoms with E-state index in [1.54, 1.807) is 18.0 Å². The van der Waals surface area contributed by atoms with Crippen LogP contribution in [0.4, 0.5) is 11.4 Å². The summed E-state index contributed by atoms with van der Waals surface area (Å²) in [5.41, 5.74) is 8.03. The van der Waals surface area contributed by atoms with Gasteiger partial charge in [0, 0.05) is 6.04 Å². The fourth-order valence-electron chi connectivity index (χ4n) is 2.03. The number of nitrogens with zero attached hydrogens (tertiary/aromatic N) is 1. The molecule has 0 aromatic heterocycles. The molecule has 1 aliphatic rings. The minimum atomic E-state index is -0.188. The number of carbonyl (C=O) groups is 2. The van der Waals surface area contributed by atoms with Gasteiger partial charge in [-0.3, -0.25) is 14.5 Å². The molecule has 0 heterocycles. The Kier molecular flexibility index (Phi) is 4.80. The number of nitrogens with two attached hydrogens (primary N) is 1. The van der Waals surface area contributed by atoms with Crippen molar-refractivity contribution in [1.29, 1.82) is 0 Å². The lowest BCUT2D eigenvalue weighted by Crippen LogP contribution is -2.39. The van der Waals surface area contributed by atoms with Gasteiger partial charge < -0.3 is 16.4 Å². The van der Waals surface area contributed by atoms with E-state index in [0.29, 0.717) is 17.4 Å². The topological polar surface area (TPSA) is 87.5 Å². The highest BCUT2D eigenvalue weighted by Gasteiger charge is 2.23. The quantitative estimate of drug-likeness (QED) is 0.674. The number of rotatable bonds is 6. The number of carbonyl (C=O) groups excluding carboxylic acids is 2. The molecule has 0 bridgehead atoms. The van der Waals surface area contributed by atoms with Gasteiger partial charge in [0.15, 0.2) is 0 Å². The molecule has 0 spiro atoms. The van der Waals surface area contributed by atoms with E-state index >= 15 is 0 Å². The normalized spacial score (nSPS) is 14.0. The Morgan fingerprint density at radius 3 is 2.57 bits per heavy atom. The van der Waals surface area contributed by atoms with Crippen LogP contribution >= 0.6 is 0 Å². The van der Waals surface area contributed by atoms with Crippen LogP contribution in [-0.2, 0) is 9.59 Å². The number of likely N-dealkylation sites (N-methyl/N-ethyl adjacent to an activating group) is 1. The van der Waals surface area contributed by atoms with Gasteiger partial charge in [0.1, 0.15) is 0 Å². The smallest absolute Gasteiger partial charge is 0.238 e. The summed E-state index contributed by atoms with van der Waals surface area (Å²) < 4.78 is 0. The number of benzene rings is 1. The summed E-state index contributed by atoms with van der Waals surface area (Å²) >= 11 is 0. The zero-order valence-corrected chi connectivity index (χ0v) is 12.5. The Bertz CT molecular complexity index is 540. The molecule has 0 atom stereocenters. The van der Waals surface area contributed by atoms with Gasteiger partial charge in [-0.2, -0.15) is 0 Å². The van der Waals surface area contributed by atoms with E-state index in [4.69, 9.17) is 5.73 Å². The molecule has 21 heavy (non-hydrogen) atoms. The van der Waals surface area contributed by atoms with E-state index < -0.39 is 0 Å². The Morgan fingerprint density at radius 2 is 1.95 bits per heavy atom. The largest absolute Gasteiger partial charge is 0.397 e. The molecule has 114 valence electrons. The number of hydrogen-bond acceptors (Lipinski definition) is 4. The highest BCUT2D eigenvalue weighted by molar-refractivity contribution is 5.95. The number of nitrogens with one attached hydrogen (secondary N) is 2. The Hall–Kier alpha value is -2.08. The van der Waals surface area contributed by atoms with E-state index in [0.717, 1.165) is 18.4 Å². The van der Waals surface area contributed by atoms with E-state index in [-0.39, 0.29) is 24.9 Å². The fourth-order valence-corrected chi connectivity index (χ4v) is 2.03. The summed E-state index contributed by atoms with van der Waals surface area (Å²) in [7, 11) is 1.74. The van der Waals surface area contributed by atoms with Gasteiger partial charge in [-0.1, -0.05) is 6.07 Å². The van der Waals surface area contributed by atoms with Gasteiger partial charge in [-0.25, -0.2) is 0 Å². The fraction of sp³-hybridized carbons (Fsp3) is 0.467. The van der Waals surface area contributed by atoms with Crippen LogP contribution in [0.3, 0.4) is 0 Å². The summed E-state index contributed by atoms with van der Waals surface area (Å²) in [4.78, 5) is 25.2. The lowest BCUT2D eigenvalue weighted by Gasteiger charge is -2.16. The third kappa shape index (κ3) is 5.07. The van der Waals surface area contributed by atoms with Crippen LogP contribution in [0.15, 0.2) is 18.2 Å². The second kappa shape index (κ2) is 6.58. The van der Waals surface area contributed by atoms with Crippen LogP contribution in [0.25, 0.3) is 0 Å². The molecular weight excluding hydrogens is 268 g/mol. The molecule has 1 aromatic rings. The predicted molar refractivity (Wildman–Crippen MR) is 82.9 cm³/mol. The van der Waals surface area contributed by atoms with Crippen molar-refractivity contribution in [1.82, 2.24) is 10.2 Å². The van der Waals surface area contributed by atoms with Crippen molar-refractivity contribution in [3.63, 3.8) is 0 Å². The summed E-state index contributed by atoms with van der Waals surface area (Å²) in [5.74, 6) is -0.227. The van der Waals surface area contributed by atoms with E-state index in [2.05, 4.69) is 10.6 Å². The first-order valence-electron chi connectivity index (χ1n) is 7.08. The molecule has 1 aliphatic carbocycles. The van der Waals surface area contributed by atoms with Crippen molar-refractivity contribution in [2.75, 3.05) is 31.2 Å². The van der Waals surface area contributed by atoms with E-state index in [1.807, 2.05) is 19.1 Å². The molecule has 1 fully saturated rings. The van der Waals surface area contributed by atoms with Gasteiger partial charge in [0.05, 0.1) is 24.5 Å². The maximum atomic E-state index is 11.9. The second-order valence-electron chi connectivity index (χ2n) is 5.65. The van der Waals surface area contributed by atoms with Crippen LogP contribution in [0.5, 0.6) is 0 Å². The highest BCUT2D eigenvalue weighted by Crippen LogP contribution is 2.19. The Balaban J connectivity index is 1.78. The van der Waals surface area contributed by atoms with Gasteiger partial charge >= 0.3 is 0 Å². The monoisotopic (exact) mass is 290 g/mol. The molecule has 1 aromatic carbocycles. The van der Waals surface area contributed by atoms with Crippen LogP contribution in [0.1, 0.15) is 18.4 Å². The molecular formula is C15H22N4O2. The molecule has 2 rings (SSSR count). The standard InChI is InChI=1S/C15H22N4O2/c1-10-3-6-13(12(16)7-10)18-15(21)9-19(2)8-14(20)17-11-4-5-11/h3,6-7,11H,4-5,8-9,16H2,1-2H3,(H,17,20)(H,18,21). The van der Waals surface area contributed by atoms with Crippen LogP contribution in [0.2, 0.25) is 0 Å². The Labute approximate surface area is 124 Å². The highest BCUT2D eigenvalue weighted by atomic mass is 16.2. The zero-order valence-electron chi connectivity index (χ0n) is 12.5. The van der Waals surface area contributed by atoms with Crippen molar-refractivity contribution in [3.05, 3.63) is 23.8 Å². The first kappa shape index (κ1) is 15.3. The van der Waals surface area contributed by atoms with Crippen LogP contribution in [-0.4, -0.2) is 42.9 Å². The lowest BCUT2D eigenvalue weighted by atomic mass is 10.2. The molecule has 0 unspecified atom stereocenters. The summed E-state index contributed by atoms with van der Waals surface area (Å²) in [6.45, 7) is 2.30. The van der Waals surface area contributed by atoms with Gasteiger partial charge in [0.25, 0.3) is 0 Å². The van der Waals surface area contributed by atoms with E-state index in [9.17, 15) is 9.59 Å². The zero-order chi connectivity index (χ0) is 15.4. The van der Waals surface area contributed by atoms with Crippen molar-refractivity contribution < 1.29 is 9.59 Å². The minimum absolute atomic E-state index is 0.0392. The lowest BCUT2D eigenvalue weighted by molar-refractivity contribution is -0.123. The molecule has 4 N–H and O–H groups in total. The number of aryl methyl sites for hydroxylation is 1. The van der Waals surface area contributed by atoms with Gasteiger partial charge in [0.2, 0.25) is 11.8 Å². The van der Waals surface area contributed by atoms with Crippen molar-refractivity contribution in [2.45, 2.75) is 25.8 Å². The van der Waals surface area contributed by atoms with Crippen LogP contribution < -0.4 is 16.4 Å². The average Bonchev–Trinajstić information content (AvgIpc) is 3.16. The number of hydrogen-bond donors (Lipinski definition) is 3. The third-order valence-corrected chi connectivity index (χ3v) is 3.25. The molecule has 0 radical (unpaired) electrons. The average molecular weight is 290 g/mol. The Morgan fingerprint density at radius 1 is 1.29 bits per heavy atom. The minimum Gasteiger partial charge on any atom is -0.397 e. The van der Waals surface area contributed by atoms with Gasteiger partial charge in [-0.15, -0.1) is 0 Å². The molecule has 0 aliphatic heterocycles. The van der Waals surface area contributed by atoms with Gasteiger partial charge in [-0.05, 0) is 44.5 Å². The summed E-state index contributed by atoms with van der Waals surface area (Å²) in [6.07, 6.45) is 2.12. The number of nitrogen functional groups attached to an aromatic ring is 1. The summed E-state index contributed by atoms with van der Waals surface area (Å²) in [5, 5.41) is 5.65. The second-order valence-corrected chi connectivity index (χ2v) is 5.65. The SMILES string of the molecule is Cc1ccc(NC(=O)CN(C)CC(=O)NC2CC2)c(N)c1. The maximum Gasteiger partial charge on any atom is 0.238 e. The molecule has 2 amide bonds. The van der Waals surface area contributed by atoms with E-state index in [1.165, 1.54) is 0 Å². The molecule has 1 saturated carbocycles.